The number of rotatable bonds is 4. The van der Waals surface area contributed by atoms with Gasteiger partial charge in [0.15, 0.2) is 8.32 Å². The lowest BCUT2D eigenvalue weighted by molar-refractivity contribution is -0.252. The second-order valence-corrected chi connectivity index (χ2v) is 13.5. The van der Waals surface area contributed by atoms with Crippen LogP contribution in [0.4, 0.5) is 16.2 Å². The number of piperidine rings is 1. The topological polar surface area (TPSA) is 104 Å². The number of aromatic nitrogens is 1. The molecule has 1 fully saturated rings. The normalized spacial score (nSPS) is 24.4. The van der Waals surface area contributed by atoms with Crippen LogP contribution in [0.5, 0.6) is 0 Å². The largest absolute Gasteiger partial charge is 0.530 e. The van der Waals surface area contributed by atoms with E-state index in [1.165, 1.54) is 0 Å². The molecule has 7 nitrogen and oxygen atoms in total. The quantitative estimate of drug-likeness (QED) is 0.773. The third-order valence-corrected chi connectivity index (χ3v) is 10.1. The third kappa shape index (κ3) is 4.48. The molecule has 0 unspecified atom stereocenters. The summed E-state index contributed by atoms with van der Waals surface area (Å²) < 4.78 is 6.60. The van der Waals surface area contributed by atoms with E-state index in [9.17, 15) is 9.90 Å². The molecule has 1 saturated heterocycles. The van der Waals surface area contributed by atoms with Gasteiger partial charge in [0.05, 0.1) is 29.7 Å². The molecular formula is C18H31N4O3Si-. The van der Waals surface area contributed by atoms with Crippen LogP contribution in [0.25, 0.3) is 0 Å². The molecule has 146 valence electrons. The second-order valence-electron chi connectivity index (χ2n) is 8.70. The van der Waals surface area contributed by atoms with E-state index < -0.39 is 14.4 Å². The predicted octanol–water partition coefficient (Wildman–Crippen LogP) is 1.81. The van der Waals surface area contributed by atoms with Gasteiger partial charge >= 0.3 is 0 Å². The molecule has 1 aromatic heterocycles. The van der Waals surface area contributed by atoms with Crippen LogP contribution in [-0.4, -0.2) is 44.6 Å². The van der Waals surface area contributed by atoms with Crippen LogP contribution in [-0.2, 0) is 4.43 Å². The van der Waals surface area contributed by atoms with E-state index in [0.29, 0.717) is 12.2 Å². The molecular weight excluding hydrogens is 348 g/mol. The van der Waals surface area contributed by atoms with Gasteiger partial charge in [0.2, 0.25) is 0 Å². The maximum atomic E-state index is 11.3. The summed E-state index contributed by atoms with van der Waals surface area (Å²) in [5.74, 6) is 0.127. The highest BCUT2D eigenvalue weighted by Gasteiger charge is 2.44. The molecule has 2 rings (SSSR count). The molecule has 0 saturated carbocycles. The molecule has 0 spiro atoms. The Bertz CT molecular complexity index is 648. The van der Waals surface area contributed by atoms with Crippen LogP contribution >= 0.6 is 0 Å². The fraction of sp³-hybridized carbons (Fsp3) is 0.667. The minimum atomic E-state index is -2.05. The van der Waals surface area contributed by atoms with E-state index in [1.54, 1.807) is 12.4 Å². The van der Waals surface area contributed by atoms with E-state index in [1.807, 2.05) is 6.07 Å². The zero-order valence-corrected chi connectivity index (χ0v) is 17.6. The van der Waals surface area contributed by atoms with Crippen LogP contribution in [0.15, 0.2) is 18.5 Å². The number of nitrogen functional groups attached to an aromatic ring is 1. The number of carbonyl (C=O) groups excluding carboxylic acids is 1. The number of carboxylic acid groups (broad SMARTS) is 1. The number of nitrogens with zero attached hydrogens (tertiary/aromatic N) is 2. The second kappa shape index (κ2) is 7.44. The van der Waals surface area contributed by atoms with Gasteiger partial charge in [-0.15, -0.1) is 0 Å². The highest BCUT2D eigenvalue weighted by atomic mass is 28.4. The molecule has 1 amide bonds. The Morgan fingerprint density at radius 1 is 1.42 bits per heavy atom. The number of hydrogen-bond acceptors (Lipinski definition) is 6. The van der Waals surface area contributed by atoms with E-state index in [2.05, 4.69) is 56.0 Å². The van der Waals surface area contributed by atoms with Crippen LogP contribution < -0.4 is 21.1 Å². The van der Waals surface area contributed by atoms with Crippen molar-refractivity contribution < 1.29 is 14.3 Å². The van der Waals surface area contributed by atoms with Gasteiger partial charge in [-0.2, -0.15) is 0 Å². The number of nitrogens with one attached hydrogen (secondary N) is 1. The average molecular weight is 380 g/mol. The van der Waals surface area contributed by atoms with Crippen molar-refractivity contribution in [1.29, 1.82) is 0 Å². The predicted molar refractivity (Wildman–Crippen MR) is 104 cm³/mol. The van der Waals surface area contributed by atoms with Gasteiger partial charge in [-0.25, -0.2) is 0 Å². The van der Waals surface area contributed by atoms with Gasteiger partial charge in [-0.1, -0.05) is 27.7 Å². The van der Waals surface area contributed by atoms with Crippen molar-refractivity contribution in [2.75, 3.05) is 23.7 Å². The molecule has 1 aromatic rings. The summed E-state index contributed by atoms with van der Waals surface area (Å²) in [6, 6.07) is 1.47. The molecule has 1 aliphatic heterocycles. The third-order valence-electron chi connectivity index (χ3n) is 5.59. The van der Waals surface area contributed by atoms with E-state index in [-0.39, 0.29) is 23.1 Å². The number of nitrogens with two attached hydrogens (primary N) is 1. The first-order chi connectivity index (χ1) is 11.9. The summed E-state index contributed by atoms with van der Waals surface area (Å²) in [5.41, 5.74) is 7.50. The number of amides is 1. The molecule has 2 heterocycles. The van der Waals surface area contributed by atoms with Gasteiger partial charge < -0.3 is 30.3 Å². The summed E-state index contributed by atoms with van der Waals surface area (Å²) in [6.45, 7) is 14.2. The van der Waals surface area contributed by atoms with Crippen molar-refractivity contribution >= 4 is 25.8 Å². The maximum absolute atomic E-state index is 11.3. The minimum Gasteiger partial charge on any atom is -0.530 e. The van der Waals surface area contributed by atoms with Crippen LogP contribution in [0.3, 0.4) is 0 Å². The summed E-state index contributed by atoms with van der Waals surface area (Å²) in [7, 11) is -2.05. The molecule has 0 aromatic carbocycles. The Morgan fingerprint density at radius 3 is 2.62 bits per heavy atom. The van der Waals surface area contributed by atoms with E-state index >= 15 is 0 Å². The Morgan fingerprint density at radius 2 is 2.08 bits per heavy atom. The summed E-state index contributed by atoms with van der Waals surface area (Å²) >= 11 is 0. The molecule has 3 N–H and O–H groups in total. The lowest BCUT2D eigenvalue weighted by atomic mass is 9.92. The van der Waals surface area contributed by atoms with Gasteiger partial charge in [0.25, 0.3) is 0 Å². The molecule has 8 heteroatoms. The van der Waals surface area contributed by atoms with Crippen molar-refractivity contribution in [3.05, 3.63) is 18.5 Å². The highest BCUT2D eigenvalue weighted by molar-refractivity contribution is 6.74. The van der Waals surface area contributed by atoms with Crippen molar-refractivity contribution in [3.63, 3.8) is 0 Å². The number of carbonyl (C=O) groups is 1. The first-order valence-electron chi connectivity index (χ1n) is 9.02. The lowest BCUT2D eigenvalue weighted by Gasteiger charge is -2.49. The van der Waals surface area contributed by atoms with Crippen molar-refractivity contribution in [2.45, 2.75) is 58.0 Å². The number of pyridine rings is 1. The first-order valence-corrected chi connectivity index (χ1v) is 11.9. The molecule has 3 atom stereocenters. The smallest absolute Gasteiger partial charge is 0.192 e. The summed E-state index contributed by atoms with van der Waals surface area (Å²) in [5, 5.41) is 13.9. The molecule has 0 aliphatic carbocycles. The Balaban J connectivity index is 2.27. The van der Waals surface area contributed by atoms with Crippen molar-refractivity contribution in [3.8, 4) is 0 Å². The SMILES string of the molecule is C[C@H]1CN(c2ccncc2N)C[C@@H](NC(=O)[O-])[C@@H]1O[Si](C)(C)C(C)(C)C. The zero-order valence-electron chi connectivity index (χ0n) is 16.6. The molecule has 26 heavy (non-hydrogen) atoms. The Kier molecular flexibility index (Phi) is 5.87. The average Bonchev–Trinajstić information content (AvgIpc) is 2.49. The van der Waals surface area contributed by atoms with Crippen molar-refractivity contribution in [2.24, 2.45) is 5.92 Å². The van der Waals surface area contributed by atoms with Crippen molar-refractivity contribution in [1.82, 2.24) is 10.3 Å². The Labute approximate surface area is 157 Å². The lowest BCUT2D eigenvalue weighted by Crippen LogP contribution is -2.63. The van der Waals surface area contributed by atoms with E-state index in [0.717, 1.165) is 12.2 Å². The molecule has 0 bridgehead atoms. The van der Waals surface area contributed by atoms with Gasteiger partial charge in [-0.05, 0) is 24.2 Å². The Hall–Kier alpha value is -1.80. The highest BCUT2D eigenvalue weighted by Crippen LogP contribution is 2.39. The minimum absolute atomic E-state index is 0.0470. The van der Waals surface area contributed by atoms with Crippen LogP contribution in [0.2, 0.25) is 18.1 Å². The molecule has 1 aliphatic rings. The monoisotopic (exact) mass is 379 g/mol. The zero-order chi connectivity index (χ0) is 19.7. The number of hydrogen-bond donors (Lipinski definition) is 2. The van der Waals surface area contributed by atoms with Gasteiger partial charge in [0.1, 0.15) is 6.09 Å². The van der Waals surface area contributed by atoms with Crippen LogP contribution in [0, 0.1) is 5.92 Å². The van der Waals surface area contributed by atoms with Crippen LogP contribution in [0.1, 0.15) is 27.7 Å². The first kappa shape index (κ1) is 20.5. The fourth-order valence-corrected chi connectivity index (χ4v) is 4.57. The standard InChI is InChI=1S/C18H32N4O3Si/c1-12-10-22(15-7-8-20-9-13(15)19)11-14(21-17(23)24)16(12)25-26(5,6)18(2,3)4/h7-9,12,14,16,21H,10-11,19H2,1-6H3,(H,23,24)/p-1/t12-,14+,16+/m0/s1. The van der Waals surface area contributed by atoms with Gasteiger partial charge in [-0.3, -0.25) is 4.98 Å². The molecule has 0 radical (unpaired) electrons. The number of anilines is 2. The fourth-order valence-electron chi connectivity index (χ4n) is 3.14. The summed E-state index contributed by atoms with van der Waals surface area (Å²) in [4.78, 5) is 17.4. The van der Waals surface area contributed by atoms with E-state index in [4.69, 9.17) is 10.2 Å². The van der Waals surface area contributed by atoms with Gasteiger partial charge in [0, 0.05) is 25.2 Å². The maximum Gasteiger partial charge on any atom is 0.192 e. The summed E-state index contributed by atoms with van der Waals surface area (Å²) in [6.07, 6.45) is 1.82.